The van der Waals surface area contributed by atoms with Gasteiger partial charge in [0.05, 0.1) is 12.1 Å². The number of nitrogens with one attached hydrogen (secondary N) is 1. The molecule has 0 unspecified atom stereocenters. The van der Waals surface area contributed by atoms with Gasteiger partial charge in [-0.05, 0) is 24.0 Å². The van der Waals surface area contributed by atoms with Gasteiger partial charge < -0.3 is 10.4 Å². The molecule has 0 radical (unpaired) electrons. The Hall–Kier alpha value is -2.21. The minimum Gasteiger partial charge on any atom is -0.477 e. The summed E-state index contributed by atoms with van der Waals surface area (Å²) in [7, 11) is 0. The van der Waals surface area contributed by atoms with Crippen LogP contribution in [0.3, 0.4) is 0 Å². The molecule has 2 rings (SSSR count). The van der Waals surface area contributed by atoms with Gasteiger partial charge in [-0.15, -0.1) is 11.3 Å². The average Bonchev–Trinajstić information content (AvgIpc) is 2.86. The third-order valence-electron chi connectivity index (χ3n) is 3.48. The van der Waals surface area contributed by atoms with Crippen molar-refractivity contribution in [3.05, 3.63) is 51.0 Å². The Morgan fingerprint density at radius 3 is 2.43 bits per heavy atom. The van der Waals surface area contributed by atoms with Gasteiger partial charge >= 0.3 is 5.97 Å². The van der Waals surface area contributed by atoms with Gasteiger partial charge in [-0.25, -0.2) is 9.78 Å². The molecule has 0 saturated carbocycles. The fourth-order valence-corrected chi connectivity index (χ4v) is 3.05. The van der Waals surface area contributed by atoms with E-state index < -0.39 is 5.97 Å². The first-order valence-corrected chi connectivity index (χ1v) is 8.23. The third-order valence-corrected chi connectivity index (χ3v) is 4.63. The maximum Gasteiger partial charge on any atom is 0.347 e. The maximum absolute atomic E-state index is 12.0. The van der Waals surface area contributed by atoms with Crippen molar-refractivity contribution >= 4 is 23.2 Å². The summed E-state index contributed by atoms with van der Waals surface area (Å²) in [6.45, 7) is 6.36. The second-order valence-corrected chi connectivity index (χ2v) is 6.76. The minimum absolute atomic E-state index is 0.100. The van der Waals surface area contributed by atoms with Gasteiger partial charge in [-0.1, -0.05) is 38.1 Å². The molecule has 0 saturated heterocycles. The van der Waals surface area contributed by atoms with Crippen LogP contribution in [-0.4, -0.2) is 22.0 Å². The normalized spacial score (nSPS) is 10.8. The number of carboxylic acids is 1. The minimum atomic E-state index is -1.00. The van der Waals surface area contributed by atoms with Crippen molar-refractivity contribution in [3.63, 3.8) is 0 Å². The van der Waals surface area contributed by atoms with Crippen LogP contribution in [0.2, 0.25) is 0 Å². The van der Waals surface area contributed by atoms with E-state index in [9.17, 15) is 9.59 Å². The van der Waals surface area contributed by atoms with E-state index in [-0.39, 0.29) is 17.2 Å². The van der Waals surface area contributed by atoms with Gasteiger partial charge in [-0.3, -0.25) is 4.79 Å². The first-order valence-electron chi connectivity index (χ1n) is 7.42. The van der Waals surface area contributed by atoms with Gasteiger partial charge in [0.2, 0.25) is 5.91 Å². The molecule has 0 fully saturated rings. The Kier molecular flexibility index (Phi) is 5.50. The molecule has 1 aromatic carbocycles. The van der Waals surface area contributed by atoms with Crippen LogP contribution in [0, 0.1) is 6.92 Å². The van der Waals surface area contributed by atoms with Crippen LogP contribution >= 0.6 is 11.3 Å². The van der Waals surface area contributed by atoms with Crippen LogP contribution in [0.1, 0.15) is 51.3 Å². The molecule has 1 aromatic heterocycles. The molecule has 0 bridgehead atoms. The monoisotopic (exact) mass is 332 g/mol. The number of hydrogen-bond acceptors (Lipinski definition) is 4. The van der Waals surface area contributed by atoms with Gasteiger partial charge in [0.1, 0.15) is 9.88 Å². The summed E-state index contributed by atoms with van der Waals surface area (Å²) in [6.07, 6.45) is 0.100. The highest BCUT2D eigenvalue weighted by Crippen LogP contribution is 2.18. The summed E-state index contributed by atoms with van der Waals surface area (Å²) in [5.74, 6) is -0.684. The molecular weight excluding hydrogens is 312 g/mol. The molecule has 23 heavy (non-hydrogen) atoms. The smallest absolute Gasteiger partial charge is 0.347 e. The van der Waals surface area contributed by atoms with Gasteiger partial charge in [-0.2, -0.15) is 0 Å². The fraction of sp³-hybridized carbons (Fsp3) is 0.353. The molecule has 0 aliphatic carbocycles. The Bertz CT molecular complexity index is 705. The van der Waals surface area contributed by atoms with Gasteiger partial charge in [0.25, 0.3) is 0 Å². The van der Waals surface area contributed by atoms with Crippen LogP contribution in [0.25, 0.3) is 0 Å². The number of thiazole rings is 1. The average molecular weight is 332 g/mol. The van der Waals surface area contributed by atoms with E-state index >= 15 is 0 Å². The van der Waals surface area contributed by atoms with Crippen LogP contribution in [0.5, 0.6) is 0 Å². The number of aromatic nitrogens is 1. The maximum atomic E-state index is 12.0. The second-order valence-electron chi connectivity index (χ2n) is 5.68. The number of carbonyl (C=O) groups excluding carboxylic acids is 1. The molecule has 2 aromatic rings. The van der Waals surface area contributed by atoms with Crippen molar-refractivity contribution in [1.82, 2.24) is 10.3 Å². The molecule has 1 amide bonds. The lowest BCUT2D eigenvalue weighted by molar-refractivity contribution is -0.120. The summed E-state index contributed by atoms with van der Waals surface area (Å²) >= 11 is 1.05. The number of aryl methyl sites for hydroxylation is 1. The van der Waals surface area contributed by atoms with Crippen LogP contribution in [0.4, 0.5) is 0 Å². The lowest BCUT2D eigenvalue weighted by atomic mass is 10.0. The highest BCUT2D eigenvalue weighted by molar-refractivity contribution is 7.13. The van der Waals surface area contributed by atoms with E-state index in [1.165, 1.54) is 5.56 Å². The molecule has 1 heterocycles. The molecule has 122 valence electrons. The Labute approximate surface area is 139 Å². The summed E-state index contributed by atoms with van der Waals surface area (Å²) in [5, 5.41) is 12.4. The van der Waals surface area contributed by atoms with Gasteiger partial charge in [0, 0.05) is 6.54 Å². The summed E-state index contributed by atoms with van der Waals surface area (Å²) in [4.78, 5) is 27.3. The molecule has 0 spiro atoms. The topological polar surface area (TPSA) is 79.3 Å². The number of hydrogen-bond donors (Lipinski definition) is 2. The van der Waals surface area contributed by atoms with E-state index in [0.717, 1.165) is 16.9 Å². The van der Waals surface area contributed by atoms with Crippen molar-refractivity contribution in [2.24, 2.45) is 0 Å². The first-order chi connectivity index (χ1) is 10.9. The number of aromatic carboxylic acids is 1. The predicted octanol–water partition coefficient (Wildman–Crippen LogP) is 3.13. The van der Waals surface area contributed by atoms with E-state index in [0.29, 0.717) is 23.2 Å². The summed E-state index contributed by atoms with van der Waals surface area (Å²) < 4.78 is 0. The SMILES string of the molecule is Cc1nc(CC(=O)NCc2ccc(C(C)C)cc2)sc1C(=O)O. The zero-order chi connectivity index (χ0) is 17.0. The predicted molar refractivity (Wildman–Crippen MR) is 89.9 cm³/mol. The molecule has 0 aliphatic rings. The van der Waals surface area contributed by atoms with Crippen LogP contribution in [0.15, 0.2) is 24.3 Å². The Morgan fingerprint density at radius 2 is 1.91 bits per heavy atom. The van der Waals surface area contributed by atoms with E-state index in [4.69, 9.17) is 5.11 Å². The Balaban J connectivity index is 1.90. The number of benzene rings is 1. The molecule has 0 aliphatic heterocycles. The highest BCUT2D eigenvalue weighted by Gasteiger charge is 2.15. The zero-order valence-corrected chi connectivity index (χ0v) is 14.2. The number of rotatable bonds is 6. The van der Waals surface area contributed by atoms with Crippen molar-refractivity contribution < 1.29 is 14.7 Å². The van der Waals surface area contributed by atoms with Crippen molar-refractivity contribution in [1.29, 1.82) is 0 Å². The van der Waals surface area contributed by atoms with E-state index in [1.54, 1.807) is 6.92 Å². The highest BCUT2D eigenvalue weighted by atomic mass is 32.1. The lowest BCUT2D eigenvalue weighted by Gasteiger charge is -2.08. The quantitative estimate of drug-likeness (QED) is 0.852. The number of amides is 1. The zero-order valence-electron chi connectivity index (χ0n) is 13.4. The van der Waals surface area contributed by atoms with E-state index in [2.05, 4.69) is 36.3 Å². The van der Waals surface area contributed by atoms with Crippen LogP contribution < -0.4 is 5.32 Å². The molecule has 6 heteroatoms. The standard InChI is InChI=1S/C17H20N2O3S/c1-10(2)13-6-4-12(5-7-13)9-18-14(20)8-15-19-11(3)16(23-15)17(21)22/h4-7,10H,8-9H2,1-3H3,(H,18,20)(H,21,22). The largest absolute Gasteiger partial charge is 0.477 e. The van der Waals surface area contributed by atoms with Crippen molar-refractivity contribution in [2.45, 2.75) is 39.7 Å². The van der Waals surface area contributed by atoms with Gasteiger partial charge in [0.15, 0.2) is 0 Å². The summed E-state index contributed by atoms with van der Waals surface area (Å²) in [5.41, 5.74) is 2.75. The fourth-order valence-electron chi connectivity index (χ4n) is 2.15. The van der Waals surface area contributed by atoms with Crippen molar-refractivity contribution in [3.8, 4) is 0 Å². The third kappa shape index (κ3) is 4.63. The Morgan fingerprint density at radius 1 is 1.26 bits per heavy atom. The second kappa shape index (κ2) is 7.37. The molecular formula is C17H20N2O3S. The van der Waals surface area contributed by atoms with Crippen molar-refractivity contribution in [2.75, 3.05) is 0 Å². The first kappa shape index (κ1) is 17.1. The molecule has 5 nitrogen and oxygen atoms in total. The summed E-state index contributed by atoms with van der Waals surface area (Å²) in [6, 6.07) is 8.14. The number of carboxylic acid groups (broad SMARTS) is 1. The number of nitrogens with zero attached hydrogens (tertiary/aromatic N) is 1. The van der Waals surface area contributed by atoms with Crippen LogP contribution in [-0.2, 0) is 17.8 Å². The lowest BCUT2D eigenvalue weighted by Crippen LogP contribution is -2.24. The number of carbonyl (C=O) groups is 2. The molecule has 0 atom stereocenters. The molecule has 2 N–H and O–H groups in total. The van der Waals surface area contributed by atoms with E-state index in [1.807, 2.05) is 12.1 Å².